The number of rotatable bonds is 3. The topological polar surface area (TPSA) is 71.3 Å². The van der Waals surface area contributed by atoms with Crippen LogP contribution in [0.15, 0.2) is 66.0 Å². The normalized spacial score (nSPS) is 10.9. The van der Waals surface area contributed by atoms with Gasteiger partial charge in [-0.25, -0.2) is 9.36 Å². The van der Waals surface area contributed by atoms with Gasteiger partial charge in [-0.05, 0) is 41.8 Å². The van der Waals surface area contributed by atoms with Gasteiger partial charge >= 0.3 is 6.03 Å². The zero-order chi connectivity index (χ0) is 19.0. The molecular weight excluding hydrogens is 384 g/mol. The number of nitrogens with zero attached hydrogens (tertiary/aromatic N) is 1. The fourth-order valence-corrected chi connectivity index (χ4v) is 3.75. The number of carbonyl (C=O) groups excluding carboxylic acids is 2. The predicted molar refractivity (Wildman–Crippen MR) is 107 cm³/mol. The number of amides is 1. The van der Waals surface area contributed by atoms with Crippen molar-refractivity contribution in [2.24, 2.45) is 0 Å². The van der Waals surface area contributed by atoms with Crippen LogP contribution >= 0.6 is 22.9 Å². The van der Waals surface area contributed by atoms with Gasteiger partial charge in [-0.3, -0.25) is 4.79 Å². The van der Waals surface area contributed by atoms with Gasteiger partial charge in [0.05, 0.1) is 16.0 Å². The largest absolute Gasteiger partial charge is 0.494 e. The number of hydrogen-bond donors (Lipinski definition) is 2. The van der Waals surface area contributed by atoms with Gasteiger partial charge in [0.25, 0.3) is 0 Å². The molecule has 0 aliphatic heterocycles. The van der Waals surface area contributed by atoms with Crippen LogP contribution in [-0.2, 0) is 0 Å². The third-order valence-corrected chi connectivity index (χ3v) is 5.21. The Balaban J connectivity index is 1.87. The second-order valence-electron chi connectivity index (χ2n) is 5.80. The van der Waals surface area contributed by atoms with E-state index < -0.39 is 11.9 Å². The lowest BCUT2D eigenvalue weighted by atomic mass is 10.1. The first-order chi connectivity index (χ1) is 13.1. The molecule has 2 N–H and O–H groups in total. The SMILES string of the molecule is O=C(c1cccs1)c1c(O)n(C(=O)Nc2ccccc2)c2ccc(Cl)cc12. The number of aromatic nitrogens is 1. The minimum Gasteiger partial charge on any atom is -0.494 e. The number of fused-ring (bicyclic) bond motifs is 1. The molecule has 5 nitrogen and oxygen atoms in total. The van der Waals surface area contributed by atoms with Gasteiger partial charge in [0.2, 0.25) is 11.7 Å². The molecule has 0 aliphatic rings. The fraction of sp³-hybridized carbons (Fsp3) is 0. The number of aromatic hydroxyl groups is 1. The average Bonchev–Trinajstić information content (AvgIpc) is 3.28. The number of carbonyl (C=O) groups is 2. The van der Waals surface area contributed by atoms with E-state index in [2.05, 4.69) is 5.32 Å². The van der Waals surface area contributed by atoms with Crippen LogP contribution < -0.4 is 5.32 Å². The monoisotopic (exact) mass is 396 g/mol. The number of para-hydroxylation sites is 1. The molecule has 1 amide bonds. The Morgan fingerprint density at radius 1 is 1.04 bits per heavy atom. The maximum absolute atomic E-state index is 12.9. The highest BCUT2D eigenvalue weighted by Gasteiger charge is 2.27. The lowest BCUT2D eigenvalue weighted by molar-refractivity contribution is 0.104. The molecule has 0 saturated carbocycles. The summed E-state index contributed by atoms with van der Waals surface area (Å²) in [5.74, 6) is -0.778. The van der Waals surface area contributed by atoms with Gasteiger partial charge in [-0.2, -0.15) is 0 Å². The molecule has 134 valence electrons. The van der Waals surface area contributed by atoms with Crippen LogP contribution in [-0.4, -0.2) is 21.5 Å². The van der Waals surface area contributed by atoms with E-state index in [-0.39, 0.29) is 11.3 Å². The second-order valence-corrected chi connectivity index (χ2v) is 7.18. The van der Waals surface area contributed by atoms with Crippen LogP contribution in [0.2, 0.25) is 5.02 Å². The Morgan fingerprint density at radius 2 is 1.81 bits per heavy atom. The minimum atomic E-state index is -0.573. The summed E-state index contributed by atoms with van der Waals surface area (Å²) in [6, 6.07) is 16.5. The first-order valence-corrected chi connectivity index (χ1v) is 9.29. The quantitative estimate of drug-likeness (QED) is 0.457. The highest BCUT2D eigenvalue weighted by atomic mass is 35.5. The summed E-state index contributed by atoms with van der Waals surface area (Å²) in [6.07, 6.45) is 0. The fourth-order valence-electron chi connectivity index (χ4n) is 2.91. The lowest BCUT2D eigenvalue weighted by Gasteiger charge is -2.08. The van der Waals surface area contributed by atoms with Gasteiger partial charge in [0, 0.05) is 16.1 Å². The minimum absolute atomic E-state index is 0.0539. The summed E-state index contributed by atoms with van der Waals surface area (Å²) in [5.41, 5.74) is 1.02. The molecule has 2 heterocycles. The van der Waals surface area contributed by atoms with Crippen molar-refractivity contribution in [3.05, 3.63) is 81.5 Å². The smallest absolute Gasteiger partial charge is 0.333 e. The molecule has 2 aromatic carbocycles. The Hall–Kier alpha value is -3.09. The van der Waals surface area contributed by atoms with Crippen molar-refractivity contribution in [2.45, 2.75) is 0 Å². The summed E-state index contributed by atoms with van der Waals surface area (Å²) >= 11 is 7.36. The summed E-state index contributed by atoms with van der Waals surface area (Å²) in [4.78, 5) is 26.2. The van der Waals surface area contributed by atoms with Crippen LogP contribution in [0.4, 0.5) is 10.5 Å². The van der Waals surface area contributed by atoms with Gasteiger partial charge in [-0.15, -0.1) is 11.3 Å². The molecule has 0 atom stereocenters. The molecule has 0 spiro atoms. The number of ketones is 1. The van der Waals surface area contributed by atoms with E-state index in [1.165, 1.54) is 11.3 Å². The van der Waals surface area contributed by atoms with Crippen molar-refractivity contribution in [1.82, 2.24) is 4.57 Å². The Bertz CT molecular complexity index is 1150. The van der Waals surface area contributed by atoms with Gasteiger partial charge in [-0.1, -0.05) is 35.9 Å². The molecule has 2 aromatic heterocycles. The molecule has 4 rings (SSSR count). The number of nitrogens with one attached hydrogen (secondary N) is 1. The molecule has 0 radical (unpaired) electrons. The molecule has 0 unspecified atom stereocenters. The molecule has 0 aliphatic carbocycles. The van der Waals surface area contributed by atoms with E-state index in [4.69, 9.17) is 11.6 Å². The van der Waals surface area contributed by atoms with Crippen molar-refractivity contribution < 1.29 is 14.7 Å². The predicted octanol–water partition coefficient (Wildman–Crippen LogP) is 5.37. The number of benzene rings is 2. The van der Waals surface area contributed by atoms with Crippen LogP contribution in [0.5, 0.6) is 5.88 Å². The van der Waals surface area contributed by atoms with E-state index in [0.29, 0.717) is 26.5 Å². The lowest BCUT2D eigenvalue weighted by Crippen LogP contribution is -2.19. The molecule has 4 aromatic rings. The highest BCUT2D eigenvalue weighted by molar-refractivity contribution is 7.12. The average molecular weight is 397 g/mol. The Morgan fingerprint density at radius 3 is 2.52 bits per heavy atom. The van der Waals surface area contributed by atoms with Gasteiger partial charge < -0.3 is 10.4 Å². The summed E-state index contributed by atoms with van der Waals surface area (Å²) in [7, 11) is 0. The first kappa shape index (κ1) is 17.3. The number of halogens is 1. The third-order valence-electron chi connectivity index (χ3n) is 4.10. The van der Waals surface area contributed by atoms with E-state index in [9.17, 15) is 14.7 Å². The number of hydrogen-bond acceptors (Lipinski definition) is 4. The molecule has 27 heavy (non-hydrogen) atoms. The third kappa shape index (κ3) is 3.09. The molecule has 0 fully saturated rings. The first-order valence-electron chi connectivity index (χ1n) is 8.04. The maximum atomic E-state index is 12.9. The zero-order valence-electron chi connectivity index (χ0n) is 13.8. The van der Waals surface area contributed by atoms with Crippen molar-refractivity contribution >= 4 is 51.3 Å². The van der Waals surface area contributed by atoms with Crippen molar-refractivity contribution in [3.63, 3.8) is 0 Å². The van der Waals surface area contributed by atoms with Gasteiger partial charge in [0.1, 0.15) is 0 Å². The van der Waals surface area contributed by atoms with Crippen LogP contribution in [0.3, 0.4) is 0 Å². The van der Waals surface area contributed by atoms with E-state index in [0.717, 1.165) is 4.57 Å². The van der Waals surface area contributed by atoms with Crippen molar-refractivity contribution in [2.75, 3.05) is 5.32 Å². The van der Waals surface area contributed by atoms with Gasteiger partial charge in [0.15, 0.2) is 0 Å². The molecule has 0 bridgehead atoms. The van der Waals surface area contributed by atoms with E-state index >= 15 is 0 Å². The zero-order valence-corrected chi connectivity index (χ0v) is 15.4. The molecular formula is C20H13ClN2O3S. The standard InChI is InChI=1S/C20H13ClN2O3S/c21-12-8-9-15-14(11-12)17(18(24)16-7-4-10-27-16)19(25)23(15)20(26)22-13-5-2-1-3-6-13/h1-11,25H,(H,22,26). The molecule has 7 heteroatoms. The summed E-state index contributed by atoms with van der Waals surface area (Å²) in [5, 5.41) is 16.1. The maximum Gasteiger partial charge on any atom is 0.333 e. The van der Waals surface area contributed by atoms with Crippen molar-refractivity contribution in [1.29, 1.82) is 0 Å². The van der Waals surface area contributed by atoms with Crippen LogP contribution in [0, 0.1) is 0 Å². The van der Waals surface area contributed by atoms with E-state index in [1.54, 1.807) is 60.0 Å². The van der Waals surface area contributed by atoms with E-state index in [1.807, 2.05) is 6.07 Å². The second kappa shape index (κ2) is 6.90. The Labute approximate surface area is 163 Å². The highest BCUT2D eigenvalue weighted by Crippen LogP contribution is 2.35. The summed E-state index contributed by atoms with van der Waals surface area (Å²) < 4.78 is 1.08. The van der Waals surface area contributed by atoms with Crippen LogP contribution in [0.1, 0.15) is 15.2 Å². The van der Waals surface area contributed by atoms with Crippen LogP contribution in [0.25, 0.3) is 10.9 Å². The number of anilines is 1. The Kier molecular flexibility index (Phi) is 4.43. The number of thiophene rings is 1. The molecule has 0 saturated heterocycles. The van der Waals surface area contributed by atoms with Crippen molar-refractivity contribution in [3.8, 4) is 5.88 Å². The summed E-state index contributed by atoms with van der Waals surface area (Å²) in [6.45, 7) is 0.